The molecule has 0 fully saturated rings. The summed E-state index contributed by atoms with van der Waals surface area (Å²) < 4.78 is 26.2. The van der Waals surface area contributed by atoms with Gasteiger partial charge in [-0.1, -0.05) is 42.1 Å². The van der Waals surface area contributed by atoms with Gasteiger partial charge in [-0.15, -0.1) is 21.5 Å². The van der Waals surface area contributed by atoms with Crippen molar-refractivity contribution in [2.24, 2.45) is 5.10 Å². The molecule has 6 rings (SSSR count). The predicted molar refractivity (Wildman–Crippen MR) is 179 cm³/mol. The Balaban J connectivity index is 1.23. The Morgan fingerprint density at radius 3 is 2.45 bits per heavy atom. The zero-order valence-corrected chi connectivity index (χ0v) is 27.5. The van der Waals surface area contributed by atoms with Crippen molar-refractivity contribution in [2.45, 2.75) is 31.1 Å². The predicted octanol–water partition coefficient (Wildman–Crippen LogP) is 6.19. The molecule has 2 amide bonds. The van der Waals surface area contributed by atoms with Crippen LogP contribution in [0.2, 0.25) is 0 Å². The van der Waals surface area contributed by atoms with E-state index >= 15 is 0 Å². The highest BCUT2D eigenvalue weighted by atomic mass is 32.2. The lowest BCUT2D eigenvalue weighted by Crippen LogP contribution is -2.28. The summed E-state index contributed by atoms with van der Waals surface area (Å²) in [6.07, 6.45) is 0.519. The SMILES string of the molecule is COc1cc(OC)cc(C(=O)NCc2nnc(SCC(=O)N3N=C(c4cccs4)C[C@@H]3c3ccc(F)cc3)n2-c2cccc(C)c2)c1. The number of hydrogen-bond donors (Lipinski definition) is 1. The van der Waals surface area contributed by atoms with Gasteiger partial charge in [0, 0.05) is 23.7 Å². The number of aromatic nitrogens is 3. The number of benzene rings is 3. The maximum atomic E-state index is 13.8. The monoisotopic (exact) mass is 670 g/mol. The highest BCUT2D eigenvalue weighted by Crippen LogP contribution is 2.35. The van der Waals surface area contributed by atoms with Crippen molar-refractivity contribution in [3.8, 4) is 17.2 Å². The molecule has 1 aliphatic heterocycles. The molecule has 0 saturated heterocycles. The summed E-state index contributed by atoms with van der Waals surface area (Å²) >= 11 is 2.79. The minimum absolute atomic E-state index is 0.0266. The highest BCUT2D eigenvalue weighted by Gasteiger charge is 2.33. The second-order valence-electron chi connectivity index (χ2n) is 10.7. The van der Waals surface area contributed by atoms with Crippen molar-refractivity contribution < 1.29 is 23.5 Å². The van der Waals surface area contributed by atoms with Crippen molar-refractivity contribution >= 4 is 40.6 Å². The number of hydrazone groups is 1. The smallest absolute Gasteiger partial charge is 0.253 e. The molecule has 1 N–H and O–H groups in total. The van der Waals surface area contributed by atoms with E-state index in [2.05, 4.69) is 15.5 Å². The topological polar surface area (TPSA) is 111 Å². The Morgan fingerprint density at radius 2 is 1.77 bits per heavy atom. The maximum absolute atomic E-state index is 13.8. The lowest BCUT2D eigenvalue weighted by Gasteiger charge is -2.22. The first kappa shape index (κ1) is 32.0. The number of halogens is 1. The van der Waals surface area contributed by atoms with E-state index in [1.807, 2.05) is 53.3 Å². The highest BCUT2D eigenvalue weighted by molar-refractivity contribution is 7.99. The Bertz CT molecular complexity index is 1910. The molecule has 3 heterocycles. The number of amides is 2. The zero-order chi connectivity index (χ0) is 32.9. The summed E-state index contributed by atoms with van der Waals surface area (Å²) in [6.45, 7) is 2.05. The molecule has 0 unspecified atom stereocenters. The Hall–Kier alpha value is -5.01. The van der Waals surface area contributed by atoms with Crippen LogP contribution in [0.3, 0.4) is 0 Å². The molecular weight excluding hydrogens is 640 g/mol. The minimum atomic E-state index is -0.364. The molecule has 10 nitrogen and oxygen atoms in total. The number of thiophene rings is 1. The second-order valence-corrected chi connectivity index (χ2v) is 12.6. The average Bonchev–Trinajstić information content (AvgIpc) is 3.86. The van der Waals surface area contributed by atoms with Crippen LogP contribution in [0.4, 0.5) is 4.39 Å². The number of nitrogens with one attached hydrogen (secondary N) is 1. The number of nitrogens with zero attached hydrogens (tertiary/aromatic N) is 5. The summed E-state index contributed by atoms with van der Waals surface area (Å²) in [6, 6.07) is 22.5. The van der Waals surface area contributed by atoms with Gasteiger partial charge in [0.25, 0.3) is 11.8 Å². The number of ether oxygens (including phenoxy) is 2. The molecule has 13 heteroatoms. The first-order chi connectivity index (χ1) is 22.8. The number of carbonyl (C=O) groups excluding carboxylic acids is 2. The maximum Gasteiger partial charge on any atom is 0.253 e. The van der Waals surface area contributed by atoms with E-state index in [9.17, 15) is 14.0 Å². The van der Waals surface area contributed by atoms with Gasteiger partial charge in [0.1, 0.15) is 17.3 Å². The molecular formula is C34H31FN6O4S2. The third-order valence-corrected chi connectivity index (χ3v) is 9.36. The van der Waals surface area contributed by atoms with Crippen molar-refractivity contribution in [3.05, 3.63) is 117 Å². The number of rotatable bonds is 11. The van der Waals surface area contributed by atoms with Gasteiger partial charge in [-0.2, -0.15) is 5.10 Å². The van der Waals surface area contributed by atoms with Crippen molar-refractivity contribution in [3.63, 3.8) is 0 Å². The van der Waals surface area contributed by atoms with Gasteiger partial charge in [-0.25, -0.2) is 9.40 Å². The van der Waals surface area contributed by atoms with Crippen molar-refractivity contribution in [1.29, 1.82) is 0 Å². The molecule has 0 bridgehead atoms. The van der Waals surface area contributed by atoms with Crippen LogP contribution in [0, 0.1) is 12.7 Å². The van der Waals surface area contributed by atoms with Crippen LogP contribution in [0.25, 0.3) is 5.69 Å². The minimum Gasteiger partial charge on any atom is -0.497 e. The van der Waals surface area contributed by atoms with Crippen LogP contribution in [-0.4, -0.2) is 57.3 Å². The zero-order valence-electron chi connectivity index (χ0n) is 25.8. The van der Waals surface area contributed by atoms with E-state index < -0.39 is 0 Å². The third kappa shape index (κ3) is 7.21. The van der Waals surface area contributed by atoms with E-state index in [4.69, 9.17) is 14.6 Å². The molecule has 3 aromatic carbocycles. The van der Waals surface area contributed by atoms with Crippen LogP contribution in [0.5, 0.6) is 11.5 Å². The van der Waals surface area contributed by atoms with E-state index in [1.165, 1.54) is 43.1 Å². The van der Waals surface area contributed by atoms with Crippen LogP contribution >= 0.6 is 23.1 Å². The molecule has 0 saturated carbocycles. The quantitative estimate of drug-likeness (QED) is 0.167. The van der Waals surface area contributed by atoms with E-state index in [0.717, 1.165) is 27.4 Å². The molecule has 1 atom stereocenters. The Kier molecular flexibility index (Phi) is 9.64. The normalized spacial score (nSPS) is 14.2. The Labute approximate surface area is 279 Å². The van der Waals surface area contributed by atoms with Gasteiger partial charge in [0.15, 0.2) is 11.0 Å². The summed E-state index contributed by atoms with van der Waals surface area (Å²) in [4.78, 5) is 27.9. The molecule has 0 aliphatic carbocycles. The number of thioether (sulfide) groups is 1. The van der Waals surface area contributed by atoms with E-state index in [-0.39, 0.29) is 36.0 Å². The molecule has 47 heavy (non-hydrogen) atoms. The van der Waals surface area contributed by atoms with Gasteiger partial charge in [0.2, 0.25) is 0 Å². The van der Waals surface area contributed by atoms with Crippen molar-refractivity contribution in [1.82, 2.24) is 25.1 Å². The summed E-state index contributed by atoms with van der Waals surface area (Å²) in [7, 11) is 3.04. The summed E-state index contributed by atoms with van der Waals surface area (Å²) in [5, 5.41) is 20.4. The van der Waals surface area contributed by atoms with Gasteiger partial charge in [0.05, 0.1) is 43.1 Å². The molecule has 2 aromatic heterocycles. The number of methoxy groups -OCH3 is 2. The van der Waals surface area contributed by atoms with Crippen LogP contribution in [0.15, 0.2) is 94.5 Å². The molecule has 5 aromatic rings. The molecule has 0 radical (unpaired) electrons. The van der Waals surface area contributed by atoms with E-state index in [0.29, 0.717) is 34.5 Å². The number of carbonyl (C=O) groups is 2. The largest absolute Gasteiger partial charge is 0.497 e. The van der Waals surface area contributed by atoms with Gasteiger partial charge in [-0.3, -0.25) is 14.2 Å². The fourth-order valence-electron chi connectivity index (χ4n) is 5.20. The van der Waals surface area contributed by atoms with Crippen LogP contribution in [0.1, 0.15) is 44.6 Å². The standard InChI is InChI=1S/C34H31FN6O4S2/c1-21-6-4-7-25(14-21)40-31(19-36-33(43)23-15-26(44-2)17-27(16-23)45-3)37-38-34(40)47-20-32(42)41-29(22-9-11-24(35)12-10-22)18-28(39-41)30-8-5-13-46-30/h4-17,29H,18-20H2,1-3H3,(H,36,43)/t29-/m1/s1. The van der Waals surface area contributed by atoms with Crippen LogP contribution < -0.4 is 14.8 Å². The lowest BCUT2D eigenvalue weighted by molar-refractivity contribution is -0.130. The van der Waals surface area contributed by atoms with Gasteiger partial charge >= 0.3 is 0 Å². The molecule has 240 valence electrons. The first-order valence-electron chi connectivity index (χ1n) is 14.7. The van der Waals surface area contributed by atoms with Gasteiger partial charge in [-0.05, 0) is 65.9 Å². The van der Waals surface area contributed by atoms with Gasteiger partial charge < -0.3 is 14.8 Å². The van der Waals surface area contributed by atoms with Crippen molar-refractivity contribution in [2.75, 3.05) is 20.0 Å². The second kappa shape index (κ2) is 14.2. The number of hydrogen-bond acceptors (Lipinski definition) is 9. The fourth-order valence-corrected chi connectivity index (χ4v) is 6.75. The Morgan fingerprint density at radius 1 is 1.00 bits per heavy atom. The van der Waals surface area contributed by atoms with E-state index in [1.54, 1.807) is 41.7 Å². The van der Waals surface area contributed by atoms with Crippen LogP contribution in [-0.2, 0) is 11.3 Å². The molecule has 0 spiro atoms. The third-order valence-electron chi connectivity index (χ3n) is 7.53. The summed E-state index contributed by atoms with van der Waals surface area (Å²) in [5.74, 6) is 0.586. The average molecular weight is 671 g/mol. The lowest BCUT2D eigenvalue weighted by atomic mass is 10.0. The number of aryl methyl sites for hydroxylation is 1. The molecule has 1 aliphatic rings. The fraction of sp³-hybridized carbons (Fsp3) is 0.206. The first-order valence-corrected chi connectivity index (χ1v) is 16.5. The summed E-state index contributed by atoms with van der Waals surface area (Å²) in [5.41, 5.74) is 3.79.